The van der Waals surface area contributed by atoms with E-state index in [0.717, 1.165) is 11.1 Å². The number of hydrogen-bond donors (Lipinski definition) is 0. The number of aryl methyl sites for hydroxylation is 2. The van der Waals surface area contributed by atoms with E-state index in [1.165, 1.54) is 0 Å². The summed E-state index contributed by atoms with van der Waals surface area (Å²) in [5.41, 5.74) is 3.28. The molecule has 0 amide bonds. The molecule has 4 rings (SSSR count). The van der Waals surface area contributed by atoms with Crippen LogP contribution < -0.4 is 10.2 Å². The first-order valence-corrected chi connectivity index (χ1v) is 10.3. The number of ketones is 1. The molecule has 0 saturated carbocycles. The van der Waals surface area contributed by atoms with Crippen LogP contribution in [0, 0.1) is 13.8 Å². The van der Waals surface area contributed by atoms with Gasteiger partial charge < -0.3 is 9.15 Å². The SMILES string of the molecule is Cc1cc2oc(-c3ccc(Cl)cc3)c(OC(C)C(=O)c3ccccc3)c(=O)c2cc1C. The van der Waals surface area contributed by atoms with Gasteiger partial charge in [0.2, 0.25) is 17.0 Å². The van der Waals surface area contributed by atoms with Crippen LogP contribution in [0.4, 0.5) is 0 Å². The first kappa shape index (κ1) is 20.9. The van der Waals surface area contributed by atoms with Crippen LogP contribution in [0.25, 0.3) is 22.3 Å². The van der Waals surface area contributed by atoms with E-state index in [1.54, 1.807) is 61.5 Å². The van der Waals surface area contributed by atoms with Gasteiger partial charge in [0.15, 0.2) is 11.9 Å². The number of hydrogen-bond acceptors (Lipinski definition) is 4. The Kier molecular flexibility index (Phi) is 5.66. The fourth-order valence-corrected chi connectivity index (χ4v) is 3.53. The van der Waals surface area contributed by atoms with Crippen molar-refractivity contribution >= 4 is 28.4 Å². The van der Waals surface area contributed by atoms with E-state index < -0.39 is 6.10 Å². The van der Waals surface area contributed by atoms with E-state index >= 15 is 0 Å². The van der Waals surface area contributed by atoms with Gasteiger partial charge in [-0.1, -0.05) is 41.9 Å². The highest BCUT2D eigenvalue weighted by atomic mass is 35.5. The summed E-state index contributed by atoms with van der Waals surface area (Å²) in [6.07, 6.45) is -0.875. The minimum absolute atomic E-state index is 0.00913. The van der Waals surface area contributed by atoms with Crippen molar-refractivity contribution in [2.24, 2.45) is 0 Å². The third-order valence-electron chi connectivity index (χ3n) is 5.29. The molecule has 0 radical (unpaired) electrons. The van der Waals surface area contributed by atoms with Crippen LogP contribution in [-0.2, 0) is 0 Å². The summed E-state index contributed by atoms with van der Waals surface area (Å²) in [4.78, 5) is 26.3. The fourth-order valence-electron chi connectivity index (χ4n) is 3.40. The summed E-state index contributed by atoms with van der Waals surface area (Å²) in [6, 6.07) is 19.4. The Labute approximate surface area is 185 Å². The number of Topliss-reactive ketones (excluding diaryl/α,β-unsaturated/α-hetero) is 1. The highest BCUT2D eigenvalue weighted by Gasteiger charge is 2.24. The number of rotatable bonds is 5. The van der Waals surface area contributed by atoms with Crippen molar-refractivity contribution < 1.29 is 13.9 Å². The minimum atomic E-state index is -0.875. The zero-order valence-corrected chi connectivity index (χ0v) is 18.2. The van der Waals surface area contributed by atoms with Gasteiger partial charge in [-0.2, -0.15) is 0 Å². The monoisotopic (exact) mass is 432 g/mol. The van der Waals surface area contributed by atoms with E-state index in [4.69, 9.17) is 20.8 Å². The number of carbonyl (C=O) groups is 1. The molecule has 4 nitrogen and oxygen atoms in total. The highest BCUT2D eigenvalue weighted by molar-refractivity contribution is 6.30. The second kappa shape index (κ2) is 8.40. The summed E-state index contributed by atoms with van der Waals surface area (Å²) < 4.78 is 12.1. The number of carbonyl (C=O) groups excluding carboxylic acids is 1. The smallest absolute Gasteiger partial charge is 0.235 e. The van der Waals surface area contributed by atoms with E-state index in [-0.39, 0.29) is 22.7 Å². The summed E-state index contributed by atoms with van der Waals surface area (Å²) in [5.74, 6) is 0.0576. The lowest BCUT2D eigenvalue weighted by Gasteiger charge is -2.17. The molecule has 3 aromatic carbocycles. The summed E-state index contributed by atoms with van der Waals surface area (Å²) >= 11 is 6.03. The molecule has 31 heavy (non-hydrogen) atoms. The van der Waals surface area contributed by atoms with Gasteiger partial charge in [-0.05, 0) is 68.3 Å². The van der Waals surface area contributed by atoms with Crippen molar-refractivity contribution in [2.45, 2.75) is 26.9 Å². The summed E-state index contributed by atoms with van der Waals surface area (Å²) in [5, 5.41) is 0.976. The average molecular weight is 433 g/mol. The molecule has 0 aliphatic heterocycles. The van der Waals surface area contributed by atoms with Crippen LogP contribution in [0.15, 0.2) is 75.9 Å². The van der Waals surface area contributed by atoms with Crippen molar-refractivity contribution in [3.05, 3.63) is 98.7 Å². The fraction of sp³-hybridized carbons (Fsp3) is 0.154. The highest BCUT2D eigenvalue weighted by Crippen LogP contribution is 2.33. The van der Waals surface area contributed by atoms with Crippen LogP contribution in [0.3, 0.4) is 0 Å². The topological polar surface area (TPSA) is 56.5 Å². The Morgan fingerprint density at radius 2 is 1.61 bits per heavy atom. The maximum absolute atomic E-state index is 13.4. The Morgan fingerprint density at radius 1 is 0.968 bits per heavy atom. The Hall–Kier alpha value is -3.37. The molecule has 4 aromatic rings. The zero-order valence-electron chi connectivity index (χ0n) is 17.4. The van der Waals surface area contributed by atoms with Gasteiger partial charge in [0.25, 0.3) is 0 Å². The lowest BCUT2D eigenvalue weighted by molar-refractivity contribution is 0.0815. The summed E-state index contributed by atoms with van der Waals surface area (Å²) in [7, 11) is 0. The molecule has 1 unspecified atom stereocenters. The first-order chi connectivity index (χ1) is 14.8. The molecule has 0 aliphatic rings. The Balaban J connectivity index is 1.87. The molecule has 0 N–H and O–H groups in total. The van der Waals surface area contributed by atoms with E-state index in [2.05, 4.69) is 0 Å². The quantitative estimate of drug-likeness (QED) is 0.343. The third-order valence-corrected chi connectivity index (χ3v) is 5.55. The number of fused-ring (bicyclic) bond motifs is 1. The molecule has 0 saturated heterocycles. The van der Waals surface area contributed by atoms with Crippen LogP contribution in [-0.4, -0.2) is 11.9 Å². The largest absolute Gasteiger partial charge is 0.475 e. The average Bonchev–Trinajstić information content (AvgIpc) is 2.77. The van der Waals surface area contributed by atoms with Gasteiger partial charge >= 0.3 is 0 Å². The molecular formula is C26H21ClO4. The zero-order chi connectivity index (χ0) is 22.1. The van der Waals surface area contributed by atoms with Crippen LogP contribution >= 0.6 is 11.6 Å². The Bertz CT molecular complexity index is 1320. The second-order valence-electron chi connectivity index (χ2n) is 7.52. The van der Waals surface area contributed by atoms with Gasteiger partial charge in [0.05, 0.1) is 5.39 Å². The molecule has 1 atom stereocenters. The molecule has 0 spiro atoms. The van der Waals surface area contributed by atoms with Gasteiger partial charge in [0.1, 0.15) is 5.58 Å². The number of benzene rings is 3. The second-order valence-corrected chi connectivity index (χ2v) is 7.96. The van der Waals surface area contributed by atoms with Gasteiger partial charge in [0, 0.05) is 16.1 Å². The molecular weight excluding hydrogens is 412 g/mol. The van der Waals surface area contributed by atoms with E-state index in [1.807, 2.05) is 26.0 Å². The van der Waals surface area contributed by atoms with Gasteiger partial charge in [-0.15, -0.1) is 0 Å². The van der Waals surface area contributed by atoms with Crippen molar-refractivity contribution in [1.29, 1.82) is 0 Å². The standard InChI is InChI=1S/C26H21ClO4/c1-15-13-21-22(14-16(15)2)31-25(19-9-11-20(27)12-10-19)26(24(21)29)30-17(3)23(28)18-7-5-4-6-8-18/h4-14,17H,1-3H3. The van der Waals surface area contributed by atoms with Crippen molar-refractivity contribution in [3.63, 3.8) is 0 Å². The third kappa shape index (κ3) is 4.12. The normalized spacial score (nSPS) is 12.0. The molecule has 5 heteroatoms. The lowest BCUT2D eigenvalue weighted by atomic mass is 10.0. The maximum atomic E-state index is 13.4. The summed E-state index contributed by atoms with van der Waals surface area (Å²) in [6.45, 7) is 5.52. The van der Waals surface area contributed by atoms with E-state index in [0.29, 0.717) is 27.1 Å². The predicted octanol–water partition coefficient (Wildman–Crippen LogP) is 6.38. The van der Waals surface area contributed by atoms with Crippen LogP contribution in [0.5, 0.6) is 5.75 Å². The first-order valence-electron chi connectivity index (χ1n) is 9.95. The number of ether oxygens (including phenoxy) is 1. The Morgan fingerprint density at radius 3 is 2.29 bits per heavy atom. The number of halogens is 1. The van der Waals surface area contributed by atoms with Gasteiger partial charge in [-0.25, -0.2) is 0 Å². The van der Waals surface area contributed by atoms with Crippen molar-refractivity contribution in [3.8, 4) is 17.1 Å². The molecule has 156 valence electrons. The minimum Gasteiger partial charge on any atom is -0.475 e. The molecule has 0 bridgehead atoms. The van der Waals surface area contributed by atoms with Gasteiger partial charge in [-0.3, -0.25) is 9.59 Å². The molecule has 0 aliphatic carbocycles. The van der Waals surface area contributed by atoms with Crippen molar-refractivity contribution in [2.75, 3.05) is 0 Å². The lowest BCUT2D eigenvalue weighted by Crippen LogP contribution is -2.26. The molecule has 0 fully saturated rings. The maximum Gasteiger partial charge on any atom is 0.235 e. The van der Waals surface area contributed by atoms with Crippen LogP contribution in [0.2, 0.25) is 5.02 Å². The predicted molar refractivity (Wildman–Crippen MR) is 123 cm³/mol. The molecule has 1 aromatic heterocycles. The molecule has 1 heterocycles. The van der Waals surface area contributed by atoms with Crippen LogP contribution in [0.1, 0.15) is 28.4 Å². The van der Waals surface area contributed by atoms with E-state index in [9.17, 15) is 9.59 Å². The van der Waals surface area contributed by atoms with Crippen molar-refractivity contribution in [1.82, 2.24) is 0 Å².